The summed E-state index contributed by atoms with van der Waals surface area (Å²) in [4.78, 5) is 0. The van der Waals surface area contributed by atoms with Crippen molar-refractivity contribution in [1.82, 2.24) is 0 Å². The Morgan fingerprint density at radius 3 is 2.35 bits per heavy atom. The molecule has 0 amide bonds. The molecule has 5 N–H and O–H groups in total. The van der Waals surface area contributed by atoms with Gasteiger partial charge in [0.1, 0.15) is 0 Å². The van der Waals surface area contributed by atoms with Gasteiger partial charge in [0.15, 0.2) is 11.5 Å². The van der Waals surface area contributed by atoms with Gasteiger partial charge < -0.3 is 21.1 Å². The molecule has 0 aliphatic carbocycles. The van der Waals surface area contributed by atoms with Crippen molar-refractivity contribution in [2.75, 3.05) is 0 Å². The summed E-state index contributed by atoms with van der Waals surface area (Å²) in [6.45, 7) is 0. The summed E-state index contributed by atoms with van der Waals surface area (Å²) in [6, 6.07) is 4.12. The molecule has 2 rings (SSSR count). The SMILES string of the molecule is Cl.N[C@H](c1ccsc1)c1ccc(O)c(O)c1O. The Morgan fingerprint density at radius 1 is 1.06 bits per heavy atom. The number of aromatic hydroxyl groups is 3. The smallest absolute Gasteiger partial charge is 0.200 e. The topological polar surface area (TPSA) is 86.7 Å². The monoisotopic (exact) mass is 273 g/mol. The second kappa shape index (κ2) is 5.27. The summed E-state index contributed by atoms with van der Waals surface area (Å²) < 4.78 is 0. The molecule has 0 saturated carbocycles. The molecule has 0 aliphatic rings. The maximum absolute atomic E-state index is 9.66. The lowest BCUT2D eigenvalue weighted by molar-refractivity contribution is 0.364. The number of halogens is 1. The third kappa shape index (κ3) is 2.46. The first kappa shape index (κ1) is 13.6. The van der Waals surface area contributed by atoms with E-state index in [0.717, 1.165) is 5.56 Å². The van der Waals surface area contributed by atoms with E-state index < -0.39 is 11.8 Å². The molecule has 0 spiro atoms. The van der Waals surface area contributed by atoms with Crippen LogP contribution in [0.15, 0.2) is 29.0 Å². The molecule has 0 radical (unpaired) electrons. The van der Waals surface area contributed by atoms with Crippen LogP contribution in [0.4, 0.5) is 0 Å². The van der Waals surface area contributed by atoms with Crippen LogP contribution in [0.25, 0.3) is 0 Å². The summed E-state index contributed by atoms with van der Waals surface area (Å²) in [5.74, 6) is -1.28. The molecule has 1 atom stereocenters. The highest BCUT2D eigenvalue weighted by molar-refractivity contribution is 7.08. The summed E-state index contributed by atoms with van der Waals surface area (Å²) >= 11 is 1.50. The van der Waals surface area contributed by atoms with Crippen LogP contribution in [0.1, 0.15) is 17.2 Å². The van der Waals surface area contributed by atoms with Gasteiger partial charge in [-0.25, -0.2) is 0 Å². The molecule has 0 unspecified atom stereocenters. The zero-order valence-electron chi connectivity index (χ0n) is 8.70. The number of hydrogen-bond donors (Lipinski definition) is 4. The van der Waals surface area contributed by atoms with Crippen LogP contribution in [-0.4, -0.2) is 15.3 Å². The van der Waals surface area contributed by atoms with Gasteiger partial charge in [0, 0.05) is 5.56 Å². The van der Waals surface area contributed by atoms with Crippen molar-refractivity contribution in [3.63, 3.8) is 0 Å². The Labute approximate surface area is 108 Å². The predicted molar refractivity (Wildman–Crippen MR) is 69.0 cm³/mol. The highest BCUT2D eigenvalue weighted by Crippen LogP contribution is 2.40. The van der Waals surface area contributed by atoms with Crippen molar-refractivity contribution < 1.29 is 15.3 Å². The van der Waals surface area contributed by atoms with Crippen molar-refractivity contribution in [3.05, 3.63) is 40.1 Å². The summed E-state index contributed by atoms with van der Waals surface area (Å²) in [5.41, 5.74) is 7.17. The van der Waals surface area contributed by atoms with Crippen LogP contribution in [-0.2, 0) is 0 Å². The van der Waals surface area contributed by atoms with E-state index in [-0.39, 0.29) is 23.9 Å². The molecular formula is C11H12ClNO3S. The van der Waals surface area contributed by atoms with Crippen LogP contribution in [0, 0.1) is 0 Å². The molecule has 2 aromatic rings. The molecule has 0 aliphatic heterocycles. The van der Waals surface area contributed by atoms with Crippen LogP contribution < -0.4 is 5.73 Å². The molecule has 0 saturated heterocycles. The molecule has 17 heavy (non-hydrogen) atoms. The Bertz CT molecular complexity index is 502. The van der Waals surface area contributed by atoms with Gasteiger partial charge in [-0.2, -0.15) is 11.3 Å². The number of phenols is 3. The van der Waals surface area contributed by atoms with Crippen molar-refractivity contribution in [1.29, 1.82) is 0 Å². The lowest BCUT2D eigenvalue weighted by Gasteiger charge is -2.13. The molecule has 0 bridgehead atoms. The van der Waals surface area contributed by atoms with E-state index in [9.17, 15) is 15.3 Å². The number of thiophene rings is 1. The van der Waals surface area contributed by atoms with Crippen molar-refractivity contribution in [3.8, 4) is 17.2 Å². The number of nitrogens with two attached hydrogens (primary N) is 1. The zero-order valence-corrected chi connectivity index (χ0v) is 10.3. The van der Waals surface area contributed by atoms with E-state index in [1.165, 1.54) is 23.5 Å². The number of rotatable bonds is 2. The van der Waals surface area contributed by atoms with Gasteiger partial charge in [0.2, 0.25) is 5.75 Å². The standard InChI is InChI=1S/C11H11NO3S.ClH/c12-9(6-3-4-16-5-6)7-1-2-8(13)11(15)10(7)14;/h1-5,9,13-15H,12H2;1H/t9-;/m1./s1. The highest BCUT2D eigenvalue weighted by Gasteiger charge is 2.18. The zero-order chi connectivity index (χ0) is 11.7. The fraction of sp³-hybridized carbons (Fsp3) is 0.0909. The summed E-state index contributed by atoms with van der Waals surface area (Å²) in [6.07, 6.45) is 0. The van der Waals surface area contributed by atoms with Crippen LogP contribution in [0.2, 0.25) is 0 Å². The molecular weight excluding hydrogens is 262 g/mol. The van der Waals surface area contributed by atoms with Crippen molar-refractivity contribution in [2.45, 2.75) is 6.04 Å². The molecule has 92 valence electrons. The van der Waals surface area contributed by atoms with Gasteiger partial charge in [-0.1, -0.05) is 0 Å². The van der Waals surface area contributed by atoms with Gasteiger partial charge in [0.25, 0.3) is 0 Å². The Morgan fingerprint density at radius 2 is 1.76 bits per heavy atom. The van der Waals surface area contributed by atoms with E-state index in [4.69, 9.17) is 5.73 Å². The van der Waals surface area contributed by atoms with E-state index in [1.807, 2.05) is 16.8 Å². The Hall–Kier alpha value is -1.43. The minimum Gasteiger partial charge on any atom is -0.504 e. The van der Waals surface area contributed by atoms with Gasteiger partial charge >= 0.3 is 0 Å². The third-order valence-electron chi connectivity index (χ3n) is 2.40. The van der Waals surface area contributed by atoms with Gasteiger partial charge in [0.05, 0.1) is 6.04 Å². The fourth-order valence-corrected chi connectivity index (χ4v) is 2.16. The molecule has 6 heteroatoms. The second-order valence-electron chi connectivity index (χ2n) is 3.41. The average molecular weight is 274 g/mol. The third-order valence-corrected chi connectivity index (χ3v) is 3.10. The van der Waals surface area contributed by atoms with Crippen LogP contribution in [0.5, 0.6) is 17.2 Å². The normalized spacial score (nSPS) is 11.8. The lowest BCUT2D eigenvalue weighted by Crippen LogP contribution is -2.10. The van der Waals surface area contributed by atoms with E-state index in [2.05, 4.69) is 0 Å². The van der Waals surface area contributed by atoms with E-state index >= 15 is 0 Å². The van der Waals surface area contributed by atoms with Crippen LogP contribution in [0.3, 0.4) is 0 Å². The minimum absolute atomic E-state index is 0. The second-order valence-corrected chi connectivity index (χ2v) is 4.19. The number of benzene rings is 1. The number of phenolic OH excluding ortho intramolecular Hbond substituents is 3. The maximum atomic E-state index is 9.66. The first-order valence-corrected chi connectivity index (χ1v) is 5.57. The minimum atomic E-state index is -0.539. The Balaban J connectivity index is 0.00000144. The molecule has 1 aromatic heterocycles. The van der Waals surface area contributed by atoms with E-state index in [0.29, 0.717) is 5.56 Å². The summed E-state index contributed by atoms with van der Waals surface area (Å²) in [5, 5.41) is 32.0. The molecule has 0 fully saturated rings. The average Bonchev–Trinajstić information content (AvgIpc) is 2.79. The molecule has 1 heterocycles. The van der Waals surface area contributed by atoms with Crippen molar-refractivity contribution in [2.24, 2.45) is 5.73 Å². The van der Waals surface area contributed by atoms with Gasteiger partial charge in [-0.15, -0.1) is 12.4 Å². The summed E-state index contributed by atoms with van der Waals surface area (Å²) in [7, 11) is 0. The first-order chi connectivity index (χ1) is 7.61. The Kier molecular flexibility index (Phi) is 4.22. The maximum Gasteiger partial charge on any atom is 0.200 e. The number of hydrogen-bond acceptors (Lipinski definition) is 5. The first-order valence-electron chi connectivity index (χ1n) is 4.62. The highest BCUT2D eigenvalue weighted by atomic mass is 35.5. The van der Waals surface area contributed by atoms with Gasteiger partial charge in [-0.3, -0.25) is 0 Å². The quantitative estimate of drug-likeness (QED) is 0.633. The van der Waals surface area contributed by atoms with E-state index in [1.54, 1.807) is 0 Å². The van der Waals surface area contributed by atoms with Crippen molar-refractivity contribution >= 4 is 23.7 Å². The molecule has 4 nitrogen and oxygen atoms in total. The fourth-order valence-electron chi connectivity index (χ4n) is 1.47. The van der Waals surface area contributed by atoms with Crippen LogP contribution >= 0.6 is 23.7 Å². The molecule has 1 aromatic carbocycles. The predicted octanol–water partition coefficient (Wildman–Crippen LogP) is 2.33. The lowest BCUT2D eigenvalue weighted by atomic mass is 10.0. The largest absolute Gasteiger partial charge is 0.504 e. The van der Waals surface area contributed by atoms with Gasteiger partial charge in [-0.05, 0) is 34.5 Å².